The van der Waals surface area contributed by atoms with Crippen molar-refractivity contribution < 1.29 is 18.8 Å². The minimum absolute atomic E-state index is 0.0634. The summed E-state index contributed by atoms with van der Waals surface area (Å²) in [6.45, 7) is 2.12. The summed E-state index contributed by atoms with van der Waals surface area (Å²) in [6, 6.07) is 13.4. The van der Waals surface area contributed by atoms with E-state index in [1.54, 1.807) is 6.07 Å². The van der Waals surface area contributed by atoms with Crippen molar-refractivity contribution >= 4 is 12.6 Å². The Labute approximate surface area is 154 Å². The molecule has 1 fully saturated rings. The predicted molar refractivity (Wildman–Crippen MR) is 102 cm³/mol. The van der Waals surface area contributed by atoms with Gasteiger partial charge in [0.05, 0.1) is 0 Å². The van der Waals surface area contributed by atoms with E-state index in [1.165, 1.54) is 5.56 Å². The SMILES string of the molecule is CCCc1ccc(-c2cccc(C3CC(F)CC(F)C3)c2B(O)O)cc1. The maximum atomic E-state index is 13.9. The van der Waals surface area contributed by atoms with Crippen LogP contribution in [0.3, 0.4) is 0 Å². The molecular weight excluding hydrogens is 333 g/mol. The molecule has 1 saturated carbocycles. The average Bonchev–Trinajstić information content (AvgIpc) is 2.61. The van der Waals surface area contributed by atoms with Crippen molar-refractivity contribution in [2.24, 2.45) is 0 Å². The molecule has 0 aliphatic heterocycles. The lowest BCUT2D eigenvalue weighted by atomic mass is 9.67. The van der Waals surface area contributed by atoms with Crippen molar-refractivity contribution in [3.63, 3.8) is 0 Å². The Bertz CT molecular complexity index is 723. The molecule has 0 amide bonds. The van der Waals surface area contributed by atoms with Crippen LogP contribution in [-0.2, 0) is 6.42 Å². The molecule has 2 N–H and O–H groups in total. The Morgan fingerprint density at radius 1 is 0.962 bits per heavy atom. The number of alkyl halides is 2. The molecule has 0 bridgehead atoms. The number of hydrogen-bond acceptors (Lipinski definition) is 2. The second-order valence-electron chi connectivity index (χ2n) is 7.23. The van der Waals surface area contributed by atoms with E-state index in [0.717, 1.165) is 18.4 Å². The van der Waals surface area contributed by atoms with Crippen LogP contribution < -0.4 is 5.46 Å². The highest BCUT2D eigenvalue weighted by Crippen LogP contribution is 2.36. The second-order valence-corrected chi connectivity index (χ2v) is 7.23. The van der Waals surface area contributed by atoms with Gasteiger partial charge in [-0.3, -0.25) is 0 Å². The first-order chi connectivity index (χ1) is 12.5. The van der Waals surface area contributed by atoms with Gasteiger partial charge >= 0.3 is 7.12 Å². The lowest BCUT2D eigenvalue weighted by Crippen LogP contribution is -2.37. The van der Waals surface area contributed by atoms with Gasteiger partial charge in [0.1, 0.15) is 12.3 Å². The van der Waals surface area contributed by atoms with Crippen molar-refractivity contribution in [2.45, 2.75) is 57.3 Å². The molecular formula is C21H25BF2O2. The smallest absolute Gasteiger partial charge is 0.423 e. The summed E-state index contributed by atoms with van der Waals surface area (Å²) in [7, 11) is -1.69. The molecule has 3 rings (SSSR count). The molecule has 2 unspecified atom stereocenters. The summed E-state index contributed by atoms with van der Waals surface area (Å²) < 4.78 is 27.8. The fraction of sp³-hybridized carbons (Fsp3) is 0.429. The average molecular weight is 358 g/mol. The molecule has 1 aliphatic carbocycles. The van der Waals surface area contributed by atoms with E-state index in [-0.39, 0.29) is 25.2 Å². The standard InChI is InChI=1S/C21H25BF2O2/c1-2-4-14-7-9-15(10-8-14)19-5-3-6-20(21(19)22(25)26)16-11-17(23)13-18(24)12-16/h3,5-10,16-18,25-26H,2,4,11-13H2,1H3. The molecule has 2 atom stereocenters. The van der Waals surface area contributed by atoms with Crippen LogP contribution in [0, 0.1) is 0 Å². The van der Waals surface area contributed by atoms with Gasteiger partial charge in [0.2, 0.25) is 0 Å². The number of rotatable bonds is 5. The molecule has 26 heavy (non-hydrogen) atoms. The van der Waals surface area contributed by atoms with E-state index < -0.39 is 19.5 Å². The first kappa shape index (κ1) is 19.1. The third-order valence-corrected chi connectivity index (χ3v) is 5.23. The van der Waals surface area contributed by atoms with Gasteiger partial charge in [-0.1, -0.05) is 55.8 Å². The molecule has 2 aromatic carbocycles. The molecule has 138 valence electrons. The van der Waals surface area contributed by atoms with Gasteiger partial charge in [-0.25, -0.2) is 8.78 Å². The van der Waals surface area contributed by atoms with Crippen LogP contribution in [0.25, 0.3) is 11.1 Å². The summed E-state index contributed by atoms with van der Waals surface area (Å²) in [5, 5.41) is 20.0. The van der Waals surface area contributed by atoms with Crippen LogP contribution in [0.5, 0.6) is 0 Å². The van der Waals surface area contributed by atoms with Crippen molar-refractivity contribution in [1.29, 1.82) is 0 Å². The third-order valence-electron chi connectivity index (χ3n) is 5.23. The normalized spacial score (nSPS) is 23.0. The lowest BCUT2D eigenvalue weighted by Gasteiger charge is -2.30. The van der Waals surface area contributed by atoms with Gasteiger partial charge in [0.25, 0.3) is 0 Å². The highest BCUT2D eigenvalue weighted by molar-refractivity contribution is 6.61. The van der Waals surface area contributed by atoms with Crippen molar-refractivity contribution in [1.82, 2.24) is 0 Å². The number of hydrogen-bond donors (Lipinski definition) is 2. The van der Waals surface area contributed by atoms with Crippen LogP contribution in [0.1, 0.15) is 49.7 Å². The Kier molecular flexibility index (Phi) is 6.10. The summed E-state index contributed by atoms with van der Waals surface area (Å²) >= 11 is 0. The Morgan fingerprint density at radius 3 is 2.19 bits per heavy atom. The lowest BCUT2D eigenvalue weighted by molar-refractivity contribution is 0.142. The predicted octanol–water partition coefficient (Wildman–Crippen LogP) is 3.93. The van der Waals surface area contributed by atoms with Crippen molar-refractivity contribution in [2.75, 3.05) is 0 Å². The summed E-state index contributed by atoms with van der Waals surface area (Å²) in [4.78, 5) is 0. The zero-order chi connectivity index (χ0) is 18.7. The first-order valence-electron chi connectivity index (χ1n) is 9.36. The summed E-state index contributed by atoms with van der Waals surface area (Å²) in [5.41, 5.74) is 3.81. The maximum Gasteiger partial charge on any atom is 0.489 e. The first-order valence-corrected chi connectivity index (χ1v) is 9.36. The molecule has 0 heterocycles. The van der Waals surface area contributed by atoms with Crippen molar-refractivity contribution in [3.8, 4) is 11.1 Å². The van der Waals surface area contributed by atoms with Gasteiger partial charge in [0, 0.05) is 6.42 Å². The van der Waals surface area contributed by atoms with Gasteiger partial charge < -0.3 is 10.0 Å². The Hall–Kier alpha value is -1.72. The number of halogens is 2. The van der Waals surface area contributed by atoms with E-state index in [0.29, 0.717) is 16.6 Å². The van der Waals surface area contributed by atoms with E-state index in [9.17, 15) is 18.8 Å². The number of benzene rings is 2. The fourth-order valence-corrected chi connectivity index (χ4v) is 4.06. The molecule has 0 spiro atoms. The Balaban J connectivity index is 2.01. The molecule has 1 aliphatic rings. The largest absolute Gasteiger partial charge is 0.489 e. The number of aryl methyl sites for hydroxylation is 1. The molecule has 2 nitrogen and oxygen atoms in total. The van der Waals surface area contributed by atoms with E-state index in [4.69, 9.17) is 0 Å². The highest BCUT2D eigenvalue weighted by atomic mass is 19.1. The zero-order valence-corrected chi connectivity index (χ0v) is 15.0. The van der Waals surface area contributed by atoms with E-state index in [1.807, 2.05) is 36.4 Å². The van der Waals surface area contributed by atoms with Gasteiger partial charge in [-0.2, -0.15) is 0 Å². The van der Waals surface area contributed by atoms with Gasteiger partial charge in [0.15, 0.2) is 0 Å². The van der Waals surface area contributed by atoms with E-state index >= 15 is 0 Å². The van der Waals surface area contributed by atoms with Crippen molar-refractivity contribution in [3.05, 3.63) is 53.6 Å². The summed E-state index contributed by atoms with van der Waals surface area (Å²) in [5.74, 6) is -0.343. The van der Waals surface area contributed by atoms with Gasteiger partial charge in [-0.05, 0) is 52.9 Å². The molecule has 5 heteroatoms. The van der Waals surface area contributed by atoms with Crippen LogP contribution in [0.2, 0.25) is 0 Å². The van der Waals surface area contributed by atoms with Crippen LogP contribution >= 0.6 is 0 Å². The third kappa shape index (κ3) is 4.16. The topological polar surface area (TPSA) is 40.5 Å². The molecule has 2 aromatic rings. The fourth-order valence-electron chi connectivity index (χ4n) is 4.06. The van der Waals surface area contributed by atoms with Gasteiger partial charge in [-0.15, -0.1) is 0 Å². The zero-order valence-electron chi connectivity index (χ0n) is 15.0. The summed E-state index contributed by atoms with van der Waals surface area (Å²) in [6.07, 6.45) is 0.0535. The quantitative estimate of drug-likeness (QED) is 0.796. The highest BCUT2D eigenvalue weighted by Gasteiger charge is 2.33. The maximum absolute atomic E-state index is 13.9. The second kappa shape index (κ2) is 8.32. The van der Waals surface area contributed by atoms with Crippen LogP contribution in [-0.4, -0.2) is 29.5 Å². The molecule has 0 radical (unpaired) electrons. The van der Waals surface area contributed by atoms with Crippen LogP contribution in [0.15, 0.2) is 42.5 Å². The monoisotopic (exact) mass is 358 g/mol. The molecule has 0 aromatic heterocycles. The Morgan fingerprint density at radius 2 is 1.62 bits per heavy atom. The van der Waals surface area contributed by atoms with E-state index in [2.05, 4.69) is 6.92 Å². The van der Waals surface area contributed by atoms with Crippen LogP contribution in [0.4, 0.5) is 8.78 Å². The minimum Gasteiger partial charge on any atom is -0.423 e. The molecule has 0 saturated heterocycles. The minimum atomic E-state index is -1.69.